The summed E-state index contributed by atoms with van der Waals surface area (Å²) in [7, 11) is 0. The van der Waals surface area contributed by atoms with Gasteiger partial charge in [0.25, 0.3) is 0 Å². The summed E-state index contributed by atoms with van der Waals surface area (Å²) in [5.41, 5.74) is 0. The van der Waals surface area contributed by atoms with Gasteiger partial charge in [-0.05, 0) is 57.4 Å². The lowest BCUT2D eigenvalue weighted by atomic mass is 9.91. The van der Waals surface area contributed by atoms with Crippen molar-refractivity contribution in [2.75, 3.05) is 6.54 Å². The number of carbonyl (C=O) groups excluding carboxylic acids is 1. The summed E-state index contributed by atoms with van der Waals surface area (Å²) in [4.78, 5) is 11.7. The Labute approximate surface area is 105 Å². The van der Waals surface area contributed by atoms with Crippen LogP contribution in [0.4, 0.5) is 0 Å². The first-order chi connectivity index (χ1) is 8.28. The zero-order valence-corrected chi connectivity index (χ0v) is 11.0. The van der Waals surface area contributed by atoms with E-state index < -0.39 is 0 Å². The quantitative estimate of drug-likeness (QED) is 0.745. The second-order valence-corrected chi connectivity index (χ2v) is 5.72. The van der Waals surface area contributed by atoms with Gasteiger partial charge in [-0.2, -0.15) is 0 Å². The Morgan fingerprint density at radius 2 is 1.71 bits per heavy atom. The zero-order chi connectivity index (χ0) is 12.1. The molecule has 2 fully saturated rings. The highest BCUT2D eigenvalue weighted by atomic mass is 16.1. The summed E-state index contributed by atoms with van der Waals surface area (Å²) in [6.07, 6.45) is 9.24. The smallest absolute Gasteiger partial charge is 0.220 e. The van der Waals surface area contributed by atoms with E-state index in [0.29, 0.717) is 18.0 Å². The van der Waals surface area contributed by atoms with Crippen LogP contribution in [-0.4, -0.2) is 24.5 Å². The van der Waals surface area contributed by atoms with Crippen molar-refractivity contribution < 1.29 is 4.79 Å². The van der Waals surface area contributed by atoms with Crippen molar-refractivity contribution in [3.8, 4) is 0 Å². The molecule has 98 valence electrons. The van der Waals surface area contributed by atoms with Gasteiger partial charge in [0, 0.05) is 18.5 Å². The molecule has 3 nitrogen and oxygen atoms in total. The van der Waals surface area contributed by atoms with E-state index in [4.69, 9.17) is 0 Å². The number of carbonyl (C=O) groups is 1. The molecule has 0 aromatic heterocycles. The second-order valence-electron chi connectivity index (χ2n) is 5.72. The van der Waals surface area contributed by atoms with E-state index in [1.165, 1.54) is 32.1 Å². The van der Waals surface area contributed by atoms with Crippen LogP contribution in [-0.2, 0) is 4.79 Å². The normalized spacial score (nSPS) is 29.0. The fraction of sp³-hybridized carbons (Fsp3) is 0.929. The van der Waals surface area contributed by atoms with Crippen LogP contribution < -0.4 is 10.6 Å². The van der Waals surface area contributed by atoms with Crippen molar-refractivity contribution in [3.05, 3.63) is 0 Å². The van der Waals surface area contributed by atoms with Crippen LogP contribution in [0.25, 0.3) is 0 Å². The van der Waals surface area contributed by atoms with Crippen LogP contribution in [0.15, 0.2) is 0 Å². The van der Waals surface area contributed by atoms with Crippen molar-refractivity contribution in [3.63, 3.8) is 0 Å². The first-order valence-electron chi connectivity index (χ1n) is 7.30. The molecule has 0 spiro atoms. The van der Waals surface area contributed by atoms with Gasteiger partial charge in [-0.15, -0.1) is 0 Å². The molecule has 2 rings (SSSR count). The van der Waals surface area contributed by atoms with Gasteiger partial charge in [-0.3, -0.25) is 4.79 Å². The van der Waals surface area contributed by atoms with E-state index >= 15 is 0 Å². The van der Waals surface area contributed by atoms with Crippen LogP contribution >= 0.6 is 0 Å². The molecule has 0 unspecified atom stereocenters. The van der Waals surface area contributed by atoms with E-state index in [-0.39, 0.29) is 5.91 Å². The Morgan fingerprint density at radius 3 is 2.29 bits per heavy atom. The maximum atomic E-state index is 11.7. The van der Waals surface area contributed by atoms with E-state index in [0.717, 1.165) is 25.8 Å². The summed E-state index contributed by atoms with van der Waals surface area (Å²) >= 11 is 0. The summed E-state index contributed by atoms with van der Waals surface area (Å²) in [6, 6.07) is 1.13. The molecule has 0 atom stereocenters. The molecule has 0 saturated heterocycles. The highest BCUT2D eigenvalue weighted by molar-refractivity contribution is 5.76. The molecule has 0 aliphatic heterocycles. The molecule has 2 aliphatic rings. The number of amides is 1. The SMILES string of the molecule is CCCNC1CCC(NC(=O)CC2CC2)CC1. The minimum Gasteiger partial charge on any atom is -0.353 e. The van der Waals surface area contributed by atoms with Gasteiger partial charge < -0.3 is 10.6 Å². The van der Waals surface area contributed by atoms with Crippen molar-refractivity contribution in [1.29, 1.82) is 0 Å². The number of hydrogen-bond acceptors (Lipinski definition) is 2. The fourth-order valence-electron chi connectivity index (χ4n) is 2.66. The van der Waals surface area contributed by atoms with Crippen molar-refractivity contribution >= 4 is 5.91 Å². The molecule has 2 N–H and O–H groups in total. The van der Waals surface area contributed by atoms with Crippen molar-refractivity contribution in [2.24, 2.45) is 5.92 Å². The molecule has 3 heteroatoms. The van der Waals surface area contributed by atoms with E-state index in [1.807, 2.05) is 0 Å². The zero-order valence-electron chi connectivity index (χ0n) is 11.0. The average molecular weight is 238 g/mol. The molecule has 0 aromatic rings. The molecule has 2 aliphatic carbocycles. The third-order valence-corrected chi connectivity index (χ3v) is 3.95. The Kier molecular flexibility index (Phi) is 4.84. The van der Waals surface area contributed by atoms with Gasteiger partial charge in [0.1, 0.15) is 0 Å². The number of hydrogen-bond donors (Lipinski definition) is 2. The highest BCUT2D eigenvalue weighted by Gasteiger charge is 2.26. The van der Waals surface area contributed by atoms with Crippen LogP contribution in [0, 0.1) is 5.92 Å². The van der Waals surface area contributed by atoms with Crippen molar-refractivity contribution in [1.82, 2.24) is 10.6 Å². The lowest BCUT2D eigenvalue weighted by Gasteiger charge is -2.29. The number of rotatable bonds is 6. The lowest BCUT2D eigenvalue weighted by molar-refractivity contribution is -0.122. The monoisotopic (exact) mass is 238 g/mol. The van der Waals surface area contributed by atoms with E-state index in [2.05, 4.69) is 17.6 Å². The van der Waals surface area contributed by atoms with Gasteiger partial charge in [0.2, 0.25) is 5.91 Å². The highest BCUT2D eigenvalue weighted by Crippen LogP contribution is 2.32. The largest absolute Gasteiger partial charge is 0.353 e. The van der Waals surface area contributed by atoms with Crippen LogP contribution in [0.1, 0.15) is 58.3 Å². The summed E-state index contributed by atoms with van der Waals surface area (Å²) in [6.45, 7) is 3.33. The fourth-order valence-corrected chi connectivity index (χ4v) is 2.66. The first kappa shape index (κ1) is 12.9. The molecule has 0 bridgehead atoms. The van der Waals surface area contributed by atoms with E-state index in [9.17, 15) is 4.79 Å². The average Bonchev–Trinajstić information content (AvgIpc) is 3.12. The van der Waals surface area contributed by atoms with Crippen LogP contribution in [0.3, 0.4) is 0 Å². The maximum Gasteiger partial charge on any atom is 0.220 e. The lowest BCUT2D eigenvalue weighted by Crippen LogP contribution is -2.42. The summed E-state index contributed by atoms with van der Waals surface area (Å²) < 4.78 is 0. The van der Waals surface area contributed by atoms with Gasteiger partial charge >= 0.3 is 0 Å². The predicted molar refractivity (Wildman–Crippen MR) is 69.8 cm³/mol. The standard InChI is InChI=1S/C14H26N2O/c1-2-9-15-12-5-7-13(8-6-12)16-14(17)10-11-3-4-11/h11-13,15H,2-10H2,1H3,(H,16,17). The summed E-state index contributed by atoms with van der Waals surface area (Å²) in [5.74, 6) is 0.995. The van der Waals surface area contributed by atoms with Gasteiger partial charge in [-0.25, -0.2) is 0 Å². The third kappa shape index (κ3) is 4.66. The van der Waals surface area contributed by atoms with E-state index in [1.54, 1.807) is 0 Å². The third-order valence-electron chi connectivity index (χ3n) is 3.95. The van der Waals surface area contributed by atoms with Crippen LogP contribution in [0.5, 0.6) is 0 Å². The van der Waals surface area contributed by atoms with Gasteiger partial charge in [-0.1, -0.05) is 6.92 Å². The Hall–Kier alpha value is -0.570. The Balaban J connectivity index is 1.59. The topological polar surface area (TPSA) is 41.1 Å². The number of nitrogens with one attached hydrogen (secondary N) is 2. The molecule has 1 amide bonds. The second kappa shape index (κ2) is 6.39. The molecule has 2 saturated carbocycles. The maximum absolute atomic E-state index is 11.7. The predicted octanol–water partition coefficient (Wildman–Crippen LogP) is 2.21. The first-order valence-corrected chi connectivity index (χ1v) is 7.30. The molecular formula is C14H26N2O. The van der Waals surface area contributed by atoms with Crippen molar-refractivity contribution in [2.45, 2.75) is 70.4 Å². The molecule has 0 radical (unpaired) electrons. The minimum atomic E-state index is 0.289. The Bertz CT molecular complexity index is 243. The van der Waals surface area contributed by atoms with Gasteiger partial charge in [0.15, 0.2) is 0 Å². The molecular weight excluding hydrogens is 212 g/mol. The van der Waals surface area contributed by atoms with Gasteiger partial charge in [0.05, 0.1) is 0 Å². The summed E-state index contributed by atoms with van der Waals surface area (Å²) in [5, 5.41) is 6.77. The minimum absolute atomic E-state index is 0.289. The molecule has 0 aromatic carbocycles. The molecule has 0 heterocycles. The van der Waals surface area contributed by atoms with Crippen LogP contribution in [0.2, 0.25) is 0 Å². The Morgan fingerprint density at radius 1 is 1.06 bits per heavy atom. The molecule has 17 heavy (non-hydrogen) atoms.